The van der Waals surface area contributed by atoms with Crippen molar-refractivity contribution >= 4 is 11.6 Å². The molecule has 0 spiro atoms. The summed E-state index contributed by atoms with van der Waals surface area (Å²) in [7, 11) is 0. The van der Waals surface area contributed by atoms with Crippen molar-refractivity contribution in [1.82, 2.24) is 4.90 Å². The van der Waals surface area contributed by atoms with Crippen LogP contribution in [0.4, 0.5) is 13.2 Å². The molecule has 6 heteroatoms. The summed E-state index contributed by atoms with van der Waals surface area (Å²) in [4.78, 5) is 2.59. The fraction of sp³-hybridized carbons (Fsp3) is 0.600. The van der Waals surface area contributed by atoms with Gasteiger partial charge < -0.3 is 9.64 Å². The highest BCUT2D eigenvalue weighted by Crippen LogP contribution is 2.51. The first-order chi connectivity index (χ1) is 14.7. The zero-order chi connectivity index (χ0) is 22.1. The Hall–Kier alpha value is -1.46. The minimum atomic E-state index is -4.32. The van der Waals surface area contributed by atoms with Crippen LogP contribution in [0.5, 0.6) is 5.75 Å². The van der Waals surface area contributed by atoms with Crippen LogP contribution in [0.25, 0.3) is 0 Å². The summed E-state index contributed by atoms with van der Waals surface area (Å²) in [6.07, 6.45) is 8.18. The number of nitrogens with zero attached hydrogens (tertiary/aromatic N) is 1. The standard InChI is InChI=1S/C25H31ClF3NO/c1-18-11-14-30(17-24(12-2-13-24)20-3-7-22(26)8-4-20)15-19(18)16-31-23-9-5-21(6-10-23)25(27,28)29/h3,5-10,18-20H,2,4,11-17H2,1H3. The lowest BCUT2D eigenvalue weighted by Crippen LogP contribution is -2.51. The number of alkyl halides is 3. The highest BCUT2D eigenvalue weighted by Gasteiger charge is 2.44. The van der Waals surface area contributed by atoms with Gasteiger partial charge in [-0.25, -0.2) is 0 Å². The van der Waals surface area contributed by atoms with Crippen LogP contribution in [0, 0.1) is 23.2 Å². The third kappa shape index (κ3) is 5.31. The average molecular weight is 454 g/mol. The number of piperidine rings is 1. The zero-order valence-corrected chi connectivity index (χ0v) is 18.8. The Balaban J connectivity index is 1.33. The van der Waals surface area contributed by atoms with Crippen LogP contribution in [-0.4, -0.2) is 31.1 Å². The van der Waals surface area contributed by atoms with Crippen LogP contribution in [-0.2, 0) is 6.18 Å². The molecule has 3 aliphatic rings. The van der Waals surface area contributed by atoms with Gasteiger partial charge in [0.25, 0.3) is 0 Å². The molecule has 0 radical (unpaired) electrons. The SMILES string of the molecule is CC1CCN(CC2(C3C=CC(Cl)=CC3)CCC2)CC1COc1ccc(C(F)(F)F)cc1. The molecule has 0 bridgehead atoms. The lowest BCUT2D eigenvalue weighted by molar-refractivity contribution is -0.137. The third-order valence-corrected chi connectivity index (χ3v) is 7.85. The molecule has 31 heavy (non-hydrogen) atoms. The van der Waals surface area contributed by atoms with Crippen LogP contribution in [0.15, 0.2) is 47.5 Å². The quantitative estimate of drug-likeness (QED) is 0.464. The van der Waals surface area contributed by atoms with Gasteiger partial charge in [0.1, 0.15) is 5.75 Å². The lowest BCUT2D eigenvalue weighted by Gasteiger charge is -2.51. The molecule has 1 aliphatic heterocycles. The van der Waals surface area contributed by atoms with Gasteiger partial charge in [-0.15, -0.1) is 0 Å². The molecule has 170 valence electrons. The fourth-order valence-electron chi connectivity index (χ4n) is 5.30. The third-order valence-electron chi connectivity index (χ3n) is 7.57. The second-order valence-electron chi connectivity index (χ2n) is 9.60. The Bertz CT molecular complexity index is 813. The van der Waals surface area contributed by atoms with E-state index in [1.54, 1.807) is 0 Å². The second-order valence-corrected chi connectivity index (χ2v) is 10.0. The number of rotatable bonds is 6. The van der Waals surface area contributed by atoms with E-state index >= 15 is 0 Å². The molecule has 0 amide bonds. The van der Waals surface area contributed by atoms with E-state index in [1.165, 1.54) is 31.4 Å². The number of ether oxygens (including phenoxy) is 1. The minimum Gasteiger partial charge on any atom is -0.493 e. The highest BCUT2D eigenvalue weighted by atomic mass is 35.5. The van der Waals surface area contributed by atoms with Crippen molar-refractivity contribution in [1.29, 1.82) is 0 Å². The summed E-state index contributed by atoms with van der Waals surface area (Å²) < 4.78 is 44.2. The Labute approximate surface area is 188 Å². The fourth-order valence-corrected chi connectivity index (χ4v) is 5.46. The zero-order valence-electron chi connectivity index (χ0n) is 18.0. The Kier molecular flexibility index (Phi) is 6.73. The van der Waals surface area contributed by atoms with Gasteiger partial charge in [0.2, 0.25) is 0 Å². The monoisotopic (exact) mass is 453 g/mol. The normalized spacial score (nSPS) is 28.7. The molecule has 1 saturated carbocycles. The first kappa shape index (κ1) is 22.7. The Morgan fingerprint density at radius 3 is 2.52 bits per heavy atom. The van der Waals surface area contributed by atoms with Gasteiger partial charge in [-0.05, 0) is 79.8 Å². The number of hydrogen-bond donors (Lipinski definition) is 0. The predicted molar refractivity (Wildman–Crippen MR) is 118 cm³/mol. The molecule has 1 heterocycles. The van der Waals surface area contributed by atoms with Gasteiger partial charge in [-0.1, -0.05) is 37.1 Å². The van der Waals surface area contributed by atoms with E-state index in [9.17, 15) is 13.2 Å². The minimum absolute atomic E-state index is 0.351. The second kappa shape index (κ2) is 9.19. The summed E-state index contributed by atoms with van der Waals surface area (Å²) in [6, 6.07) is 5.02. The van der Waals surface area contributed by atoms with Crippen molar-refractivity contribution in [3.63, 3.8) is 0 Å². The van der Waals surface area contributed by atoms with Crippen molar-refractivity contribution < 1.29 is 17.9 Å². The molecule has 1 aromatic carbocycles. The van der Waals surface area contributed by atoms with E-state index in [4.69, 9.17) is 16.3 Å². The molecule has 2 nitrogen and oxygen atoms in total. The van der Waals surface area contributed by atoms with Gasteiger partial charge in [0.15, 0.2) is 0 Å². The number of halogens is 4. The van der Waals surface area contributed by atoms with E-state index in [0.29, 0.717) is 35.5 Å². The average Bonchev–Trinajstić information content (AvgIpc) is 2.71. The molecular formula is C25H31ClF3NO. The molecule has 3 atom stereocenters. The van der Waals surface area contributed by atoms with E-state index in [2.05, 4.69) is 30.1 Å². The van der Waals surface area contributed by atoms with Crippen molar-refractivity contribution in [2.45, 2.75) is 45.2 Å². The van der Waals surface area contributed by atoms with Crippen LogP contribution in [0.1, 0.15) is 44.6 Å². The summed E-state index contributed by atoms with van der Waals surface area (Å²) in [5.74, 6) is 1.98. The molecule has 0 aromatic heterocycles. The maximum absolute atomic E-state index is 12.8. The van der Waals surface area contributed by atoms with Gasteiger partial charge in [-0.3, -0.25) is 0 Å². The maximum Gasteiger partial charge on any atom is 0.416 e. The first-order valence-corrected chi connectivity index (χ1v) is 11.7. The van der Waals surface area contributed by atoms with Crippen LogP contribution in [0.3, 0.4) is 0 Å². The molecule has 2 aliphatic carbocycles. The van der Waals surface area contributed by atoms with E-state index in [-0.39, 0.29) is 0 Å². The van der Waals surface area contributed by atoms with Crippen LogP contribution in [0.2, 0.25) is 0 Å². The maximum atomic E-state index is 12.8. The van der Waals surface area contributed by atoms with Gasteiger partial charge >= 0.3 is 6.18 Å². The van der Waals surface area contributed by atoms with E-state index in [1.807, 2.05) is 0 Å². The van der Waals surface area contributed by atoms with Crippen molar-refractivity contribution in [2.24, 2.45) is 23.2 Å². The summed E-state index contributed by atoms with van der Waals surface area (Å²) >= 11 is 6.13. The van der Waals surface area contributed by atoms with Crippen LogP contribution < -0.4 is 4.74 Å². The molecule has 1 aromatic rings. The molecular weight excluding hydrogens is 423 g/mol. The van der Waals surface area contributed by atoms with Gasteiger partial charge in [0.05, 0.1) is 12.2 Å². The van der Waals surface area contributed by atoms with Gasteiger partial charge in [-0.2, -0.15) is 13.2 Å². The Morgan fingerprint density at radius 1 is 1.19 bits per heavy atom. The number of hydrogen-bond acceptors (Lipinski definition) is 2. The number of likely N-dealkylation sites (tertiary alicyclic amines) is 1. The number of benzene rings is 1. The van der Waals surface area contributed by atoms with Gasteiger partial charge in [0, 0.05) is 24.0 Å². The van der Waals surface area contributed by atoms with Crippen molar-refractivity contribution in [3.8, 4) is 5.75 Å². The smallest absolute Gasteiger partial charge is 0.416 e. The molecule has 1 saturated heterocycles. The first-order valence-electron chi connectivity index (χ1n) is 11.3. The molecule has 2 fully saturated rings. The summed E-state index contributed by atoms with van der Waals surface area (Å²) in [5.41, 5.74) is -0.292. The lowest BCUT2D eigenvalue weighted by atomic mass is 9.59. The number of allylic oxidation sites excluding steroid dienone is 4. The topological polar surface area (TPSA) is 12.5 Å². The summed E-state index contributed by atoms with van der Waals surface area (Å²) in [6.45, 7) is 5.99. The van der Waals surface area contributed by atoms with Crippen LogP contribution >= 0.6 is 11.6 Å². The van der Waals surface area contributed by atoms with E-state index in [0.717, 1.165) is 49.6 Å². The van der Waals surface area contributed by atoms with Crippen molar-refractivity contribution in [3.05, 3.63) is 53.1 Å². The molecule has 4 rings (SSSR count). The highest BCUT2D eigenvalue weighted by molar-refractivity contribution is 6.31. The van der Waals surface area contributed by atoms with Crippen molar-refractivity contribution in [2.75, 3.05) is 26.2 Å². The largest absolute Gasteiger partial charge is 0.493 e. The van der Waals surface area contributed by atoms with E-state index < -0.39 is 11.7 Å². The molecule has 3 unspecified atom stereocenters. The predicted octanol–water partition coefficient (Wildman–Crippen LogP) is 6.91. The molecule has 0 N–H and O–H groups in total. The summed E-state index contributed by atoms with van der Waals surface area (Å²) in [5, 5.41) is 0.845. The Morgan fingerprint density at radius 2 is 1.94 bits per heavy atom.